The smallest absolute Gasteiger partial charge is 0.244 e. The zero-order valence-electron chi connectivity index (χ0n) is 7.91. The number of anilines is 1. The van der Waals surface area contributed by atoms with Gasteiger partial charge in [-0.1, -0.05) is 12.1 Å². The molecule has 4 heteroatoms. The molecule has 1 amide bonds. The Balaban J connectivity index is 2.42. The van der Waals surface area contributed by atoms with Gasteiger partial charge in [0.1, 0.15) is 18.4 Å². The first-order valence-corrected chi connectivity index (χ1v) is 4.47. The third-order valence-corrected chi connectivity index (χ3v) is 2.21. The summed E-state index contributed by atoms with van der Waals surface area (Å²) in [6.07, 6.45) is 0. The van der Waals surface area contributed by atoms with E-state index in [-0.39, 0.29) is 12.5 Å². The lowest BCUT2D eigenvalue weighted by molar-refractivity contribution is -0.117. The minimum atomic E-state index is -0.596. The largest absolute Gasteiger partial charge is 0.489 e. The number of amides is 1. The quantitative estimate of drug-likeness (QED) is 0.634. The van der Waals surface area contributed by atoms with Crippen molar-refractivity contribution in [3.8, 4) is 5.75 Å². The fourth-order valence-electron chi connectivity index (χ4n) is 1.42. The van der Waals surface area contributed by atoms with Crippen LogP contribution >= 0.6 is 0 Å². The molecule has 14 heavy (non-hydrogen) atoms. The van der Waals surface area contributed by atoms with E-state index in [9.17, 15) is 4.79 Å². The number of fused-ring (bicyclic) bond motifs is 1. The molecule has 1 aliphatic rings. The van der Waals surface area contributed by atoms with E-state index >= 15 is 0 Å². The van der Waals surface area contributed by atoms with Crippen LogP contribution in [0.15, 0.2) is 18.2 Å². The lowest BCUT2D eigenvalue weighted by Gasteiger charge is -2.08. The van der Waals surface area contributed by atoms with Crippen molar-refractivity contribution in [2.75, 3.05) is 11.9 Å². The summed E-state index contributed by atoms with van der Waals surface area (Å²) >= 11 is 0. The number of hydrogen-bond donors (Lipinski definition) is 2. The van der Waals surface area contributed by atoms with Gasteiger partial charge in [0.05, 0.1) is 5.69 Å². The first kappa shape index (κ1) is 9.02. The van der Waals surface area contributed by atoms with Gasteiger partial charge >= 0.3 is 0 Å². The number of para-hydroxylation sites is 1. The van der Waals surface area contributed by atoms with Crippen molar-refractivity contribution in [3.63, 3.8) is 0 Å². The van der Waals surface area contributed by atoms with E-state index in [0.29, 0.717) is 11.4 Å². The number of aryl methyl sites for hydroxylation is 1. The van der Waals surface area contributed by atoms with Crippen molar-refractivity contribution < 1.29 is 9.53 Å². The zero-order chi connectivity index (χ0) is 10.1. The van der Waals surface area contributed by atoms with Gasteiger partial charge in [-0.05, 0) is 18.6 Å². The van der Waals surface area contributed by atoms with Crippen LogP contribution in [0.25, 0.3) is 0 Å². The molecule has 1 aliphatic heterocycles. The summed E-state index contributed by atoms with van der Waals surface area (Å²) in [5.74, 6) is 0.517. The summed E-state index contributed by atoms with van der Waals surface area (Å²) in [4.78, 5) is 11.4. The Morgan fingerprint density at radius 3 is 3.14 bits per heavy atom. The van der Waals surface area contributed by atoms with E-state index in [2.05, 4.69) is 5.32 Å². The van der Waals surface area contributed by atoms with Crippen molar-refractivity contribution >= 4 is 11.6 Å². The maximum absolute atomic E-state index is 11.4. The van der Waals surface area contributed by atoms with Crippen molar-refractivity contribution in [3.05, 3.63) is 23.8 Å². The van der Waals surface area contributed by atoms with Crippen LogP contribution in [0.5, 0.6) is 5.75 Å². The van der Waals surface area contributed by atoms with Crippen molar-refractivity contribution in [2.45, 2.75) is 13.0 Å². The number of carbonyl (C=O) groups excluding carboxylic acids is 1. The second kappa shape index (κ2) is 3.31. The lowest BCUT2D eigenvalue weighted by Crippen LogP contribution is -2.38. The molecule has 2 rings (SSSR count). The molecule has 0 aliphatic carbocycles. The number of benzene rings is 1. The average molecular weight is 192 g/mol. The molecule has 0 bridgehead atoms. The van der Waals surface area contributed by atoms with E-state index in [0.717, 1.165) is 5.56 Å². The number of carbonyl (C=O) groups is 1. The topological polar surface area (TPSA) is 64.3 Å². The van der Waals surface area contributed by atoms with Crippen molar-refractivity contribution in [1.29, 1.82) is 0 Å². The third-order valence-electron chi connectivity index (χ3n) is 2.21. The Morgan fingerprint density at radius 1 is 1.57 bits per heavy atom. The third kappa shape index (κ3) is 1.44. The standard InChI is InChI=1S/C10H12N2O2/c1-6-3-2-4-8-9(6)14-5-7(11)10(13)12-8/h2-4,7H,5,11H2,1H3,(H,12,13)/t7-/m0/s1. The molecule has 3 N–H and O–H groups in total. The highest BCUT2D eigenvalue weighted by atomic mass is 16.5. The number of nitrogens with two attached hydrogens (primary N) is 1. The maximum Gasteiger partial charge on any atom is 0.244 e. The van der Waals surface area contributed by atoms with Gasteiger partial charge < -0.3 is 15.8 Å². The lowest BCUT2D eigenvalue weighted by atomic mass is 10.2. The summed E-state index contributed by atoms with van der Waals surface area (Å²) in [5, 5.41) is 2.72. The highest BCUT2D eigenvalue weighted by Crippen LogP contribution is 2.29. The molecule has 1 heterocycles. The zero-order valence-corrected chi connectivity index (χ0v) is 7.91. The normalized spacial score (nSPS) is 20.4. The predicted octanol–water partition coefficient (Wildman–Crippen LogP) is 0.653. The summed E-state index contributed by atoms with van der Waals surface area (Å²) in [6, 6.07) is 5.01. The fourth-order valence-corrected chi connectivity index (χ4v) is 1.42. The molecule has 0 radical (unpaired) electrons. The van der Waals surface area contributed by atoms with E-state index in [1.807, 2.05) is 19.1 Å². The van der Waals surface area contributed by atoms with Gasteiger partial charge in [0.25, 0.3) is 0 Å². The minimum absolute atomic E-state index is 0.200. The average Bonchev–Trinajstić information content (AvgIpc) is 2.29. The molecular weight excluding hydrogens is 180 g/mol. The first-order chi connectivity index (χ1) is 6.68. The number of ether oxygens (including phenoxy) is 1. The molecule has 1 aromatic rings. The summed E-state index contributed by atoms with van der Waals surface area (Å²) in [5.41, 5.74) is 7.26. The molecule has 0 unspecified atom stereocenters. The van der Waals surface area contributed by atoms with Crippen LogP contribution in [0.4, 0.5) is 5.69 Å². The maximum atomic E-state index is 11.4. The minimum Gasteiger partial charge on any atom is -0.489 e. The highest BCUT2D eigenvalue weighted by Gasteiger charge is 2.21. The van der Waals surface area contributed by atoms with Crippen LogP contribution in [-0.4, -0.2) is 18.6 Å². The van der Waals surface area contributed by atoms with Gasteiger partial charge in [0.2, 0.25) is 5.91 Å². The highest BCUT2D eigenvalue weighted by molar-refractivity contribution is 5.97. The molecular formula is C10H12N2O2. The molecule has 74 valence electrons. The molecule has 1 aromatic carbocycles. The van der Waals surface area contributed by atoms with Gasteiger partial charge in [-0.2, -0.15) is 0 Å². The Bertz CT molecular complexity index is 376. The number of hydrogen-bond acceptors (Lipinski definition) is 3. The molecule has 0 spiro atoms. The Labute approximate surface area is 82.1 Å². The van der Waals surface area contributed by atoms with E-state index in [1.165, 1.54) is 0 Å². The van der Waals surface area contributed by atoms with E-state index in [4.69, 9.17) is 10.5 Å². The number of nitrogens with one attached hydrogen (secondary N) is 1. The fraction of sp³-hybridized carbons (Fsp3) is 0.300. The summed E-state index contributed by atoms with van der Waals surface area (Å²) < 4.78 is 5.45. The Morgan fingerprint density at radius 2 is 2.36 bits per heavy atom. The van der Waals surface area contributed by atoms with Crippen LogP contribution in [0, 0.1) is 6.92 Å². The van der Waals surface area contributed by atoms with E-state index < -0.39 is 6.04 Å². The SMILES string of the molecule is Cc1cccc2c1OC[C@H](N)C(=O)N2. The van der Waals surface area contributed by atoms with Gasteiger partial charge in [0, 0.05) is 0 Å². The molecule has 4 nitrogen and oxygen atoms in total. The van der Waals surface area contributed by atoms with Crippen LogP contribution in [0.1, 0.15) is 5.56 Å². The van der Waals surface area contributed by atoms with Gasteiger partial charge in [-0.3, -0.25) is 4.79 Å². The van der Waals surface area contributed by atoms with Crippen LogP contribution in [-0.2, 0) is 4.79 Å². The predicted molar refractivity (Wildman–Crippen MR) is 53.3 cm³/mol. The Kier molecular flexibility index (Phi) is 2.13. The number of rotatable bonds is 0. The van der Waals surface area contributed by atoms with Crippen molar-refractivity contribution in [1.82, 2.24) is 0 Å². The summed E-state index contributed by atoms with van der Waals surface area (Å²) in [7, 11) is 0. The van der Waals surface area contributed by atoms with Crippen molar-refractivity contribution in [2.24, 2.45) is 5.73 Å². The van der Waals surface area contributed by atoms with Gasteiger partial charge in [-0.15, -0.1) is 0 Å². The Hall–Kier alpha value is -1.55. The molecule has 0 fully saturated rings. The van der Waals surface area contributed by atoms with E-state index in [1.54, 1.807) is 6.07 Å². The summed E-state index contributed by atoms with van der Waals surface area (Å²) in [6.45, 7) is 2.16. The molecule has 1 atom stereocenters. The first-order valence-electron chi connectivity index (χ1n) is 4.47. The van der Waals surface area contributed by atoms with Crippen LogP contribution < -0.4 is 15.8 Å². The molecule has 0 saturated carbocycles. The van der Waals surface area contributed by atoms with Gasteiger partial charge in [-0.25, -0.2) is 0 Å². The molecule has 0 aromatic heterocycles. The van der Waals surface area contributed by atoms with Crippen LogP contribution in [0.3, 0.4) is 0 Å². The second-order valence-electron chi connectivity index (χ2n) is 3.36. The second-order valence-corrected chi connectivity index (χ2v) is 3.36. The van der Waals surface area contributed by atoms with Gasteiger partial charge in [0.15, 0.2) is 0 Å². The monoisotopic (exact) mass is 192 g/mol. The molecule has 0 saturated heterocycles. The van der Waals surface area contributed by atoms with Crippen LogP contribution in [0.2, 0.25) is 0 Å².